The standard InChI is InChI=1S/C18H27NO2/c1-13-9-10-14(2)17(11-13)21-15(3)18(20)19-12-16-7-5-4-6-8-16/h9-11,15-16H,4-8,12H2,1-3H3,(H,19,20)/t15-/m1/s1. The van der Waals surface area contributed by atoms with Gasteiger partial charge in [-0.2, -0.15) is 0 Å². The summed E-state index contributed by atoms with van der Waals surface area (Å²) in [5, 5.41) is 3.04. The van der Waals surface area contributed by atoms with Gasteiger partial charge >= 0.3 is 0 Å². The van der Waals surface area contributed by atoms with Gasteiger partial charge in [-0.25, -0.2) is 0 Å². The first-order valence-corrected chi connectivity index (χ1v) is 8.08. The first-order chi connectivity index (χ1) is 10.1. The van der Waals surface area contributed by atoms with E-state index in [0.29, 0.717) is 5.92 Å². The molecule has 1 aliphatic carbocycles. The number of hydrogen-bond acceptors (Lipinski definition) is 2. The molecular formula is C18H27NO2. The van der Waals surface area contributed by atoms with Crippen LogP contribution >= 0.6 is 0 Å². The van der Waals surface area contributed by atoms with Crippen molar-refractivity contribution >= 4 is 5.91 Å². The Morgan fingerprint density at radius 3 is 2.71 bits per heavy atom. The molecule has 0 radical (unpaired) electrons. The summed E-state index contributed by atoms with van der Waals surface area (Å²) in [5.74, 6) is 1.44. The molecule has 2 rings (SSSR count). The number of carbonyl (C=O) groups excluding carboxylic acids is 1. The highest BCUT2D eigenvalue weighted by Crippen LogP contribution is 2.23. The predicted octanol–water partition coefficient (Wildman–Crippen LogP) is 3.77. The van der Waals surface area contributed by atoms with Gasteiger partial charge in [0.25, 0.3) is 5.91 Å². The van der Waals surface area contributed by atoms with Crippen molar-refractivity contribution in [1.29, 1.82) is 0 Å². The predicted molar refractivity (Wildman–Crippen MR) is 85.6 cm³/mol. The summed E-state index contributed by atoms with van der Waals surface area (Å²) >= 11 is 0. The summed E-state index contributed by atoms with van der Waals surface area (Å²) in [5.41, 5.74) is 2.21. The number of benzene rings is 1. The van der Waals surface area contributed by atoms with E-state index in [0.717, 1.165) is 23.4 Å². The molecule has 1 aliphatic rings. The van der Waals surface area contributed by atoms with E-state index in [-0.39, 0.29) is 5.91 Å². The van der Waals surface area contributed by atoms with Gasteiger partial charge in [-0.15, -0.1) is 0 Å². The largest absolute Gasteiger partial charge is 0.481 e. The van der Waals surface area contributed by atoms with Crippen LogP contribution in [0.15, 0.2) is 18.2 Å². The third-order valence-corrected chi connectivity index (χ3v) is 4.31. The lowest BCUT2D eigenvalue weighted by atomic mass is 9.89. The van der Waals surface area contributed by atoms with E-state index in [2.05, 4.69) is 11.4 Å². The van der Waals surface area contributed by atoms with Crippen LogP contribution in [0.25, 0.3) is 0 Å². The molecular weight excluding hydrogens is 262 g/mol. The number of carbonyl (C=O) groups is 1. The van der Waals surface area contributed by atoms with Crippen LogP contribution in [-0.2, 0) is 4.79 Å². The average molecular weight is 289 g/mol. The number of nitrogens with one attached hydrogen (secondary N) is 1. The normalized spacial score (nSPS) is 17.3. The van der Waals surface area contributed by atoms with E-state index in [1.54, 1.807) is 0 Å². The Labute approximate surface area is 128 Å². The molecule has 3 nitrogen and oxygen atoms in total. The minimum Gasteiger partial charge on any atom is -0.481 e. The Bertz CT molecular complexity index is 478. The van der Waals surface area contributed by atoms with Crippen molar-refractivity contribution in [1.82, 2.24) is 5.32 Å². The lowest BCUT2D eigenvalue weighted by molar-refractivity contribution is -0.127. The van der Waals surface area contributed by atoms with E-state index in [1.165, 1.54) is 32.1 Å². The monoisotopic (exact) mass is 289 g/mol. The second-order valence-corrected chi connectivity index (χ2v) is 6.28. The van der Waals surface area contributed by atoms with Crippen molar-refractivity contribution in [3.8, 4) is 5.75 Å². The van der Waals surface area contributed by atoms with E-state index < -0.39 is 6.10 Å². The van der Waals surface area contributed by atoms with Crippen LogP contribution in [0.4, 0.5) is 0 Å². The zero-order chi connectivity index (χ0) is 15.2. The molecule has 0 heterocycles. The minimum absolute atomic E-state index is 0.0125. The number of aryl methyl sites for hydroxylation is 2. The molecule has 1 N–H and O–H groups in total. The lowest BCUT2D eigenvalue weighted by Gasteiger charge is -2.23. The fourth-order valence-electron chi connectivity index (χ4n) is 2.86. The minimum atomic E-state index is -0.450. The third kappa shape index (κ3) is 4.76. The van der Waals surface area contributed by atoms with E-state index in [1.807, 2.05) is 32.9 Å². The summed E-state index contributed by atoms with van der Waals surface area (Å²) in [4.78, 5) is 12.2. The van der Waals surface area contributed by atoms with Crippen LogP contribution in [0.1, 0.15) is 50.2 Å². The van der Waals surface area contributed by atoms with Crippen LogP contribution in [-0.4, -0.2) is 18.6 Å². The van der Waals surface area contributed by atoms with Crippen molar-refractivity contribution in [3.05, 3.63) is 29.3 Å². The molecule has 1 aromatic carbocycles. The Balaban J connectivity index is 1.82. The molecule has 3 heteroatoms. The van der Waals surface area contributed by atoms with Crippen molar-refractivity contribution in [2.24, 2.45) is 5.92 Å². The molecule has 0 aromatic heterocycles. The Morgan fingerprint density at radius 2 is 2.00 bits per heavy atom. The van der Waals surface area contributed by atoms with Crippen LogP contribution in [0.2, 0.25) is 0 Å². The molecule has 1 amide bonds. The highest BCUT2D eigenvalue weighted by molar-refractivity contribution is 5.80. The molecule has 0 aliphatic heterocycles. The van der Waals surface area contributed by atoms with E-state index in [9.17, 15) is 4.79 Å². The summed E-state index contributed by atoms with van der Waals surface area (Å²) in [7, 11) is 0. The number of hydrogen-bond donors (Lipinski definition) is 1. The molecule has 1 aromatic rings. The van der Waals surface area contributed by atoms with Crippen molar-refractivity contribution in [2.45, 2.75) is 59.0 Å². The molecule has 116 valence electrons. The van der Waals surface area contributed by atoms with E-state index in [4.69, 9.17) is 4.74 Å². The average Bonchev–Trinajstić information content (AvgIpc) is 2.49. The quantitative estimate of drug-likeness (QED) is 0.896. The second-order valence-electron chi connectivity index (χ2n) is 6.28. The zero-order valence-electron chi connectivity index (χ0n) is 13.4. The fourth-order valence-corrected chi connectivity index (χ4v) is 2.86. The topological polar surface area (TPSA) is 38.3 Å². The molecule has 21 heavy (non-hydrogen) atoms. The zero-order valence-corrected chi connectivity index (χ0v) is 13.4. The smallest absolute Gasteiger partial charge is 0.260 e. The van der Waals surface area contributed by atoms with Gasteiger partial charge in [-0.1, -0.05) is 31.4 Å². The Hall–Kier alpha value is -1.51. The van der Waals surface area contributed by atoms with Gasteiger partial charge in [0.15, 0.2) is 6.10 Å². The van der Waals surface area contributed by atoms with Crippen LogP contribution in [0, 0.1) is 19.8 Å². The lowest BCUT2D eigenvalue weighted by Crippen LogP contribution is -2.39. The van der Waals surface area contributed by atoms with Gasteiger partial charge in [0.05, 0.1) is 0 Å². The first kappa shape index (κ1) is 15.9. The van der Waals surface area contributed by atoms with E-state index >= 15 is 0 Å². The molecule has 0 saturated heterocycles. The third-order valence-electron chi connectivity index (χ3n) is 4.31. The summed E-state index contributed by atoms with van der Waals surface area (Å²) in [6.07, 6.45) is 5.98. The summed E-state index contributed by atoms with van der Waals surface area (Å²) in [6, 6.07) is 6.06. The molecule has 1 saturated carbocycles. The SMILES string of the molecule is Cc1ccc(C)c(O[C@H](C)C(=O)NCC2CCCCC2)c1. The van der Waals surface area contributed by atoms with Crippen LogP contribution < -0.4 is 10.1 Å². The Kier molecular flexibility index (Phi) is 5.66. The first-order valence-electron chi connectivity index (χ1n) is 8.08. The van der Waals surface area contributed by atoms with Gasteiger partial charge in [0.1, 0.15) is 5.75 Å². The van der Waals surface area contributed by atoms with Crippen molar-refractivity contribution in [2.75, 3.05) is 6.54 Å². The van der Waals surface area contributed by atoms with Crippen LogP contribution in [0.3, 0.4) is 0 Å². The van der Waals surface area contributed by atoms with Gasteiger partial charge in [-0.05, 0) is 56.7 Å². The van der Waals surface area contributed by atoms with Gasteiger partial charge in [0, 0.05) is 6.54 Å². The highest BCUT2D eigenvalue weighted by atomic mass is 16.5. The summed E-state index contributed by atoms with van der Waals surface area (Å²) in [6.45, 7) is 6.64. The van der Waals surface area contributed by atoms with Gasteiger partial charge < -0.3 is 10.1 Å². The number of amides is 1. The molecule has 0 spiro atoms. The maximum Gasteiger partial charge on any atom is 0.260 e. The number of ether oxygens (including phenoxy) is 1. The maximum atomic E-state index is 12.2. The molecule has 0 unspecified atom stereocenters. The van der Waals surface area contributed by atoms with Crippen LogP contribution in [0.5, 0.6) is 5.75 Å². The van der Waals surface area contributed by atoms with Gasteiger partial charge in [-0.3, -0.25) is 4.79 Å². The highest BCUT2D eigenvalue weighted by Gasteiger charge is 2.18. The second kappa shape index (κ2) is 7.48. The molecule has 1 atom stereocenters. The Morgan fingerprint density at radius 1 is 1.29 bits per heavy atom. The maximum absolute atomic E-state index is 12.2. The summed E-state index contributed by atoms with van der Waals surface area (Å²) < 4.78 is 5.82. The van der Waals surface area contributed by atoms with Gasteiger partial charge in [0.2, 0.25) is 0 Å². The van der Waals surface area contributed by atoms with Crippen molar-refractivity contribution in [3.63, 3.8) is 0 Å². The number of rotatable bonds is 5. The van der Waals surface area contributed by atoms with Crippen molar-refractivity contribution < 1.29 is 9.53 Å². The fraction of sp³-hybridized carbons (Fsp3) is 0.611. The molecule has 1 fully saturated rings. The molecule has 0 bridgehead atoms.